The van der Waals surface area contributed by atoms with Gasteiger partial charge in [0.05, 0.1) is 12.1 Å². The highest BCUT2D eigenvalue weighted by Gasteiger charge is 2.32. The molecule has 0 radical (unpaired) electrons. The number of carbonyl (C=O) groups is 1. The summed E-state index contributed by atoms with van der Waals surface area (Å²) < 4.78 is 0. The minimum Gasteiger partial charge on any atom is -0.335 e. The molecule has 2 fully saturated rings. The number of amides is 1. The van der Waals surface area contributed by atoms with Gasteiger partial charge in [-0.1, -0.05) is 11.8 Å². The van der Waals surface area contributed by atoms with Crippen LogP contribution in [0.3, 0.4) is 0 Å². The Hall–Kier alpha value is -1.90. The summed E-state index contributed by atoms with van der Waals surface area (Å²) in [5.41, 5.74) is 6.51. The SMILES string of the molecule is NCC#Cc1cccnc1C(=O)N1CCN(C2CC2)CC1. The summed E-state index contributed by atoms with van der Waals surface area (Å²) in [6.45, 7) is 3.76. The molecule has 2 heterocycles. The quantitative estimate of drug-likeness (QED) is 0.794. The highest BCUT2D eigenvalue weighted by Crippen LogP contribution is 2.27. The molecule has 21 heavy (non-hydrogen) atoms. The van der Waals surface area contributed by atoms with Gasteiger partial charge in [0.15, 0.2) is 0 Å². The molecule has 1 saturated heterocycles. The average molecular weight is 284 g/mol. The molecule has 2 N–H and O–H groups in total. The van der Waals surface area contributed by atoms with E-state index >= 15 is 0 Å². The van der Waals surface area contributed by atoms with Crippen LogP contribution in [0.25, 0.3) is 0 Å². The van der Waals surface area contributed by atoms with Crippen LogP contribution in [0.2, 0.25) is 0 Å². The number of piperazine rings is 1. The first-order valence-corrected chi connectivity index (χ1v) is 7.47. The van der Waals surface area contributed by atoms with Crippen molar-refractivity contribution >= 4 is 5.91 Å². The van der Waals surface area contributed by atoms with Crippen LogP contribution in [0, 0.1) is 11.8 Å². The molecule has 0 aromatic carbocycles. The molecule has 1 aliphatic heterocycles. The summed E-state index contributed by atoms with van der Waals surface area (Å²) in [6.07, 6.45) is 4.27. The fourth-order valence-corrected chi connectivity index (χ4v) is 2.70. The summed E-state index contributed by atoms with van der Waals surface area (Å²) in [4.78, 5) is 21.2. The summed E-state index contributed by atoms with van der Waals surface area (Å²) in [6, 6.07) is 4.38. The average Bonchev–Trinajstić information content (AvgIpc) is 3.37. The zero-order valence-electron chi connectivity index (χ0n) is 12.1. The lowest BCUT2D eigenvalue weighted by atomic mass is 10.1. The van der Waals surface area contributed by atoms with Gasteiger partial charge in [-0.05, 0) is 25.0 Å². The standard InChI is InChI=1S/C16H20N4O/c17-7-1-3-13-4-2-8-18-15(13)16(21)20-11-9-19(10-12-20)14-5-6-14/h2,4,8,14H,5-7,9-12,17H2. The maximum Gasteiger partial charge on any atom is 0.273 e. The van der Waals surface area contributed by atoms with Gasteiger partial charge in [0.25, 0.3) is 5.91 Å². The Kier molecular flexibility index (Phi) is 4.18. The summed E-state index contributed by atoms with van der Waals surface area (Å²) in [7, 11) is 0. The van der Waals surface area contributed by atoms with Gasteiger partial charge >= 0.3 is 0 Å². The summed E-state index contributed by atoms with van der Waals surface area (Å²) >= 11 is 0. The highest BCUT2D eigenvalue weighted by molar-refractivity contribution is 5.94. The Morgan fingerprint density at radius 2 is 2.10 bits per heavy atom. The van der Waals surface area contributed by atoms with Crippen molar-refractivity contribution in [2.24, 2.45) is 5.73 Å². The van der Waals surface area contributed by atoms with Crippen molar-refractivity contribution < 1.29 is 4.79 Å². The molecule has 2 aliphatic rings. The second kappa shape index (κ2) is 6.25. The van der Waals surface area contributed by atoms with Crippen LogP contribution in [0.15, 0.2) is 18.3 Å². The largest absolute Gasteiger partial charge is 0.335 e. The Labute approximate surface area is 125 Å². The normalized spacial score (nSPS) is 19.0. The molecule has 0 spiro atoms. The second-order valence-corrected chi connectivity index (χ2v) is 5.46. The lowest BCUT2D eigenvalue weighted by Crippen LogP contribution is -2.49. The van der Waals surface area contributed by atoms with Gasteiger partial charge in [0.1, 0.15) is 5.69 Å². The fraction of sp³-hybridized carbons (Fsp3) is 0.500. The molecule has 1 saturated carbocycles. The van der Waals surface area contributed by atoms with Crippen molar-refractivity contribution in [3.8, 4) is 11.8 Å². The summed E-state index contributed by atoms with van der Waals surface area (Å²) in [5, 5.41) is 0. The van der Waals surface area contributed by atoms with Gasteiger partial charge in [-0.25, -0.2) is 4.98 Å². The van der Waals surface area contributed by atoms with Crippen LogP contribution in [0.4, 0.5) is 0 Å². The predicted octanol–water partition coefficient (Wildman–Crippen LogP) is 0.312. The Morgan fingerprint density at radius 3 is 2.76 bits per heavy atom. The zero-order valence-corrected chi connectivity index (χ0v) is 12.1. The van der Waals surface area contributed by atoms with E-state index in [0.29, 0.717) is 11.3 Å². The lowest BCUT2D eigenvalue weighted by molar-refractivity contribution is 0.0621. The molecule has 5 nitrogen and oxygen atoms in total. The number of nitrogens with two attached hydrogens (primary N) is 1. The van der Waals surface area contributed by atoms with Gasteiger partial charge in [-0.3, -0.25) is 9.69 Å². The van der Waals surface area contributed by atoms with Crippen molar-refractivity contribution in [2.45, 2.75) is 18.9 Å². The minimum absolute atomic E-state index is 0.0210. The van der Waals surface area contributed by atoms with Crippen LogP contribution in [-0.4, -0.2) is 59.5 Å². The third-order valence-corrected chi connectivity index (χ3v) is 4.00. The first-order valence-electron chi connectivity index (χ1n) is 7.47. The summed E-state index contributed by atoms with van der Waals surface area (Å²) in [5.74, 6) is 5.71. The fourth-order valence-electron chi connectivity index (χ4n) is 2.70. The molecular weight excluding hydrogens is 264 g/mol. The molecular formula is C16H20N4O. The molecule has 3 rings (SSSR count). The van der Waals surface area contributed by atoms with Crippen molar-refractivity contribution in [3.05, 3.63) is 29.6 Å². The third-order valence-electron chi connectivity index (χ3n) is 4.00. The van der Waals surface area contributed by atoms with Crippen molar-refractivity contribution in [3.63, 3.8) is 0 Å². The van der Waals surface area contributed by atoms with Crippen LogP contribution in [0.1, 0.15) is 28.9 Å². The van der Waals surface area contributed by atoms with Gasteiger partial charge in [-0.2, -0.15) is 0 Å². The van der Waals surface area contributed by atoms with E-state index in [0.717, 1.165) is 32.2 Å². The van der Waals surface area contributed by atoms with E-state index in [4.69, 9.17) is 5.73 Å². The number of nitrogens with zero attached hydrogens (tertiary/aromatic N) is 3. The van der Waals surface area contributed by atoms with E-state index in [1.165, 1.54) is 12.8 Å². The van der Waals surface area contributed by atoms with E-state index in [1.807, 2.05) is 11.0 Å². The Balaban J connectivity index is 1.70. The van der Waals surface area contributed by atoms with E-state index < -0.39 is 0 Å². The van der Waals surface area contributed by atoms with E-state index in [9.17, 15) is 4.79 Å². The van der Waals surface area contributed by atoms with Gasteiger partial charge < -0.3 is 10.6 Å². The number of rotatable bonds is 2. The van der Waals surface area contributed by atoms with Crippen LogP contribution in [0.5, 0.6) is 0 Å². The lowest BCUT2D eigenvalue weighted by Gasteiger charge is -2.34. The first kappa shape index (κ1) is 14.1. The first-order chi connectivity index (χ1) is 10.3. The zero-order chi connectivity index (χ0) is 14.7. The van der Waals surface area contributed by atoms with E-state index in [1.54, 1.807) is 12.3 Å². The number of carbonyl (C=O) groups excluding carboxylic acids is 1. The maximum absolute atomic E-state index is 12.6. The smallest absolute Gasteiger partial charge is 0.273 e. The second-order valence-electron chi connectivity index (χ2n) is 5.46. The molecule has 1 aliphatic carbocycles. The van der Waals surface area contributed by atoms with Gasteiger partial charge in [0.2, 0.25) is 0 Å². The van der Waals surface area contributed by atoms with Gasteiger partial charge in [-0.15, -0.1) is 0 Å². The minimum atomic E-state index is -0.0210. The third kappa shape index (κ3) is 3.23. The Bertz CT molecular complexity index is 577. The molecule has 0 unspecified atom stereocenters. The molecule has 1 amide bonds. The maximum atomic E-state index is 12.6. The van der Waals surface area contributed by atoms with Crippen LogP contribution >= 0.6 is 0 Å². The number of hydrogen-bond acceptors (Lipinski definition) is 4. The highest BCUT2D eigenvalue weighted by atomic mass is 16.2. The molecule has 1 aromatic heterocycles. The number of aromatic nitrogens is 1. The Morgan fingerprint density at radius 1 is 1.33 bits per heavy atom. The van der Waals surface area contributed by atoms with Crippen LogP contribution in [-0.2, 0) is 0 Å². The predicted molar refractivity (Wildman–Crippen MR) is 80.7 cm³/mol. The van der Waals surface area contributed by atoms with Crippen molar-refractivity contribution in [1.82, 2.24) is 14.8 Å². The topological polar surface area (TPSA) is 62.5 Å². The number of pyridine rings is 1. The number of hydrogen-bond donors (Lipinski definition) is 1. The molecule has 0 bridgehead atoms. The van der Waals surface area contributed by atoms with E-state index in [-0.39, 0.29) is 12.5 Å². The molecule has 0 atom stereocenters. The monoisotopic (exact) mass is 284 g/mol. The van der Waals surface area contributed by atoms with Gasteiger partial charge in [0, 0.05) is 38.4 Å². The van der Waals surface area contributed by atoms with E-state index in [2.05, 4.69) is 21.7 Å². The van der Waals surface area contributed by atoms with Crippen LogP contribution < -0.4 is 5.73 Å². The molecule has 1 aromatic rings. The molecule has 5 heteroatoms. The van der Waals surface area contributed by atoms with Crippen molar-refractivity contribution in [2.75, 3.05) is 32.7 Å². The van der Waals surface area contributed by atoms with Crippen molar-refractivity contribution in [1.29, 1.82) is 0 Å². The molecule has 110 valence electrons.